The normalized spacial score (nSPS) is 17.4. The van der Waals surface area contributed by atoms with Crippen LogP contribution in [0.25, 0.3) is 0 Å². The monoisotopic (exact) mass is 421 g/mol. The number of ether oxygens (including phenoxy) is 4. The highest BCUT2D eigenvalue weighted by molar-refractivity contribution is 7.89. The first-order chi connectivity index (χ1) is 13.9. The van der Waals surface area contributed by atoms with E-state index in [1.165, 1.54) is 32.7 Å². The predicted molar refractivity (Wildman–Crippen MR) is 105 cm³/mol. The molecule has 0 bridgehead atoms. The number of carbonyl (C=O) groups is 1. The van der Waals surface area contributed by atoms with Gasteiger partial charge < -0.3 is 18.9 Å². The summed E-state index contributed by atoms with van der Waals surface area (Å²) >= 11 is 0. The smallest absolute Gasteiger partial charge is 0.307 e. The van der Waals surface area contributed by atoms with E-state index in [9.17, 15) is 13.2 Å². The molecule has 0 amide bonds. The van der Waals surface area contributed by atoms with Gasteiger partial charge in [-0.25, -0.2) is 8.42 Å². The molecule has 0 saturated heterocycles. The van der Waals surface area contributed by atoms with Crippen molar-refractivity contribution in [1.82, 2.24) is 4.31 Å². The molecule has 2 aromatic rings. The molecule has 0 N–H and O–H groups in total. The summed E-state index contributed by atoms with van der Waals surface area (Å²) in [5.41, 5.74) is 1.20. The number of rotatable bonds is 7. The second-order valence-corrected chi connectivity index (χ2v) is 8.28. The SMILES string of the molecule is COC(=O)C[C@H]1c2ccccc2S(=O)(=O)N1Cc1cc(OC)c(OC)c(OC)c1. The zero-order valence-corrected chi connectivity index (χ0v) is 17.5. The molecule has 1 aliphatic rings. The van der Waals surface area contributed by atoms with Crippen molar-refractivity contribution in [3.8, 4) is 17.2 Å². The van der Waals surface area contributed by atoms with Gasteiger partial charge in [-0.15, -0.1) is 0 Å². The lowest BCUT2D eigenvalue weighted by Gasteiger charge is -2.23. The van der Waals surface area contributed by atoms with E-state index in [-0.39, 0.29) is 17.9 Å². The molecule has 1 atom stereocenters. The predicted octanol–water partition coefficient (Wildman–Crippen LogP) is 2.52. The van der Waals surface area contributed by atoms with Crippen LogP contribution in [0, 0.1) is 0 Å². The molecule has 9 heteroatoms. The fourth-order valence-electron chi connectivity index (χ4n) is 3.49. The van der Waals surface area contributed by atoms with E-state index < -0.39 is 22.0 Å². The van der Waals surface area contributed by atoms with Gasteiger partial charge in [-0.2, -0.15) is 4.31 Å². The Morgan fingerprint density at radius 3 is 2.17 bits per heavy atom. The minimum atomic E-state index is -3.79. The summed E-state index contributed by atoms with van der Waals surface area (Å²) in [6, 6.07) is 9.39. The van der Waals surface area contributed by atoms with Gasteiger partial charge >= 0.3 is 5.97 Å². The van der Waals surface area contributed by atoms with Gasteiger partial charge in [0.1, 0.15) is 0 Å². The van der Waals surface area contributed by atoms with Crippen LogP contribution in [0.1, 0.15) is 23.6 Å². The highest BCUT2D eigenvalue weighted by atomic mass is 32.2. The molecule has 0 unspecified atom stereocenters. The van der Waals surface area contributed by atoms with Crippen LogP contribution in [-0.4, -0.2) is 47.1 Å². The van der Waals surface area contributed by atoms with Gasteiger partial charge in [0.25, 0.3) is 0 Å². The molecular weight excluding hydrogens is 398 g/mol. The summed E-state index contributed by atoms with van der Waals surface area (Å²) < 4.78 is 48.5. The van der Waals surface area contributed by atoms with Crippen LogP contribution in [0.3, 0.4) is 0 Å². The second-order valence-electron chi connectivity index (χ2n) is 6.42. The van der Waals surface area contributed by atoms with E-state index in [1.807, 2.05) is 0 Å². The number of nitrogens with zero attached hydrogens (tertiary/aromatic N) is 1. The van der Waals surface area contributed by atoms with Crippen LogP contribution in [0.5, 0.6) is 17.2 Å². The Hall–Kier alpha value is -2.78. The van der Waals surface area contributed by atoms with Crippen molar-refractivity contribution in [2.45, 2.75) is 23.9 Å². The first kappa shape index (κ1) is 20.9. The van der Waals surface area contributed by atoms with E-state index in [2.05, 4.69) is 0 Å². The number of carbonyl (C=O) groups excluding carboxylic acids is 1. The number of hydrogen-bond donors (Lipinski definition) is 0. The van der Waals surface area contributed by atoms with E-state index >= 15 is 0 Å². The summed E-state index contributed by atoms with van der Waals surface area (Å²) in [4.78, 5) is 12.2. The summed E-state index contributed by atoms with van der Waals surface area (Å²) in [6.07, 6.45) is -0.0861. The summed E-state index contributed by atoms with van der Waals surface area (Å²) in [6.45, 7) is 0.0232. The second kappa shape index (κ2) is 8.30. The number of sulfonamides is 1. The first-order valence-electron chi connectivity index (χ1n) is 8.83. The molecule has 0 aliphatic carbocycles. The van der Waals surface area contributed by atoms with E-state index in [0.717, 1.165) is 0 Å². The highest BCUT2D eigenvalue weighted by Gasteiger charge is 2.43. The number of esters is 1. The lowest BCUT2D eigenvalue weighted by atomic mass is 10.0. The molecular formula is C20H23NO7S. The fraction of sp³-hybridized carbons (Fsp3) is 0.350. The van der Waals surface area contributed by atoms with Gasteiger partial charge in [0.2, 0.25) is 15.8 Å². The highest BCUT2D eigenvalue weighted by Crippen LogP contribution is 2.44. The van der Waals surface area contributed by atoms with Crippen LogP contribution < -0.4 is 14.2 Å². The van der Waals surface area contributed by atoms with Crippen LogP contribution in [-0.2, 0) is 26.1 Å². The average molecular weight is 421 g/mol. The Morgan fingerprint density at radius 1 is 1.00 bits per heavy atom. The summed E-state index contributed by atoms with van der Waals surface area (Å²) in [5.74, 6) is 0.759. The lowest BCUT2D eigenvalue weighted by Crippen LogP contribution is -2.29. The van der Waals surface area contributed by atoms with Crippen LogP contribution >= 0.6 is 0 Å². The molecule has 8 nitrogen and oxygen atoms in total. The van der Waals surface area contributed by atoms with Crippen molar-refractivity contribution < 1.29 is 32.2 Å². The molecule has 2 aromatic carbocycles. The van der Waals surface area contributed by atoms with Crippen molar-refractivity contribution in [1.29, 1.82) is 0 Å². The molecule has 29 heavy (non-hydrogen) atoms. The maximum atomic E-state index is 13.2. The van der Waals surface area contributed by atoms with Gasteiger partial charge in [0, 0.05) is 6.54 Å². The Labute approximate surface area is 170 Å². The van der Waals surface area contributed by atoms with Crippen LogP contribution in [0.2, 0.25) is 0 Å². The molecule has 0 saturated carbocycles. The third-order valence-electron chi connectivity index (χ3n) is 4.86. The third kappa shape index (κ3) is 3.75. The zero-order valence-electron chi connectivity index (χ0n) is 16.7. The van der Waals surface area contributed by atoms with Crippen LogP contribution in [0.15, 0.2) is 41.3 Å². The van der Waals surface area contributed by atoms with Crippen molar-refractivity contribution >= 4 is 16.0 Å². The molecule has 1 aliphatic heterocycles. The van der Waals surface area contributed by atoms with Crippen molar-refractivity contribution in [3.63, 3.8) is 0 Å². The van der Waals surface area contributed by atoms with Gasteiger partial charge in [-0.05, 0) is 29.3 Å². The number of methoxy groups -OCH3 is 4. The zero-order chi connectivity index (χ0) is 21.2. The molecule has 3 rings (SSSR count). The van der Waals surface area contributed by atoms with Gasteiger partial charge in [-0.3, -0.25) is 4.79 Å². The quantitative estimate of drug-likeness (QED) is 0.635. The first-order valence-corrected chi connectivity index (χ1v) is 10.3. The summed E-state index contributed by atoms with van der Waals surface area (Å²) in [5, 5.41) is 0. The molecule has 0 radical (unpaired) electrons. The van der Waals surface area contributed by atoms with Gasteiger partial charge in [-0.1, -0.05) is 18.2 Å². The third-order valence-corrected chi connectivity index (χ3v) is 6.79. The number of hydrogen-bond acceptors (Lipinski definition) is 7. The molecule has 156 valence electrons. The van der Waals surface area contributed by atoms with E-state index in [1.54, 1.807) is 36.4 Å². The Kier molecular flexibility index (Phi) is 5.99. The van der Waals surface area contributed by atoms with Gasteiger partial charge in [0.15, 0.2) is 11.5 Å². The average Bonchev–Trinajstić information content (AvgIpc) is 2.94. The summed E-state index contributed by atoms with van der Waals surface area (Å²) in [7, 11) is 1.96. The molecule has 0 fully saturated rings. The van der Waals surface area contributed by atoms with Crippen LogP contribution in [0.4, 0.5) is 0 Å². The Balaban J connectivity index is 2.06. The topological polar surface area (TPSA) is 91.4 Å². The van der Waals surface area contributed by atoms with Crippen molar-refractivity contribution in [3.05, 3.63) is 47.5 Å². The fourth-order valence-corrected chi connectivity index (χ4v) is 5.34. The van der Waals surface area contributed by atoms with Crippen molar-refractivity contribution in [2.24, 2.45) is 0 Å². The minimum absolute atomic E-state index is 0.0232. The largest absolute Gasteiger partial charge is 0.493 e. The molecule has 0 aromatic heterocycles. The number of fused-ring (bicyclic) bond motifs is 1. The lowest BCUT2D eigenvalue weighted by molar-refractivity contribution is -0.141. The standard InChI is InChI=1S/C20H23NO7S/c1-25-16-9-13(10-17(26-2)20(16)28-4)12-21-15(11-19(22)27-3)14-7-5-6-8-18(14)29(21,23)24/h5-10,15H,11-12H2,1-4H3/t15-/m0/s1. The maximum absolute atomic E-state index is 13.2. The number of benzene rings is 2. The van der Waals surface area contributed by atoms with E-state index in [0.29, 0.717) is 28.4 Å². The Morgan fingerprint density at radius 2 is 1.62 bits per heavy atom. The van der Waals surface area contributed by atoms with E-state index in [4.69, 9.17) is 18.9 Å². The maximum Gasteiger partial charge on any atom is 0.307 e. The van der Waals surface area contributed by atoms with Gasteiger partial charge in [0.05, 0.1) is 45.8 Å². The molecule has 1 heterocycles. The van der Waals surface area contributed by atoms with Crippen molar-refractivity contribution in [2.75, 3.05) is 28.4 Å². The minimum Gasteiger partial charge on any atom is -0.493 e. The molecule has 0 spiro atoms. The Bertz CT molecular complexity index is 994.